The van der Waals surface area contributed by atoms with Crippen LogP contribution in [-0.4, -0.2) is 14.6 Å². The van der Waals surface area contributed by atoms with Crippen molar-refractivity contribution in [2.45, 2.75) is 32.1 Å². The van der Waals surface area contributed by atoms with Crippen molar-refractivity contribution in [1.82, 2.24) is 4.83 Å². The van der Waals surface area contributed by atoms with Crippen LogP contribution in [0.2, 0.25) is 0 Å². The number of nitrogens with one attached hydrogen (secondary N) is 1. The van der Waals surface area contributed by atoms with Gasteiger partial charge >= 0.3 is 0 Å². The molecular formula is C17H20N2O2S. The third kappa shape index (κ3) is 3.95. The lowest BCUT2D eigenvalue weighted by Crippen LogP contribution is -2.19. The van der Waals surface area contributed by atoms with E-state index in [1.54, 1.807) is 19.1 Å². The van der Waals surface area contributed by atoms with E-state index >= 15 is 0 Å². The van der Waals surface area contributed by atoms with Crippen molar-refractivity contribution in [3.8, 4) is 0 Å². The Balaban J connectivity index is 2.15. The van der Waals surface area contributed by atoms with E-state index in [0.29, 0.717) is 5.56 Å². The molecule has 5 heteroatoms. The first-order chi connectivity index (χ1) is 10.4. The van der Waals surface area contributed by atoms with E-state index in [0.717, 1.165) is 17.5 Å². The van der Waals surface area contributed by atoms with E-state index in [2.05, 4.69) is 16.9 Å². The van der Waals surface area contributed by atoms with Crippen LogP contribution in [0.4, 0.5) is 0 Å². The van der Waals surface area contributed by atoms with Crippen LogP contribution < -0.4 is 4.83 Å². The molecule has 2 aromatic rings. The van der Waals surface area contributed by atoms with Gasteiger partial charge in [0.05, 0.1) is 11.1 Å². The van der Waals surface area contributed by atoms with Crippen molar-refractivity contribution < 1.29 is 8.42 Å². The molecule has 0 radical (unpaired) electrons. The Labute approximate surface area is 131 Å². The number of rotatable bonds is 5. The monoisotopic (exact) mass is 316 g/mol. The number of aryl methyl sites for hydroxylation is 3. The van der Waals surface area contributed by atoms with E-state index in [1.165, 1.54) is 11.8 Å². The first-order valence-electron chi connectivity index (χ1n) is 7.13. The fourth-order valence-electron chi connectivity index (χ4n) is 2.06. The largest absolute Gasteiger partial charge is 0.276 e. The predicted molar refractivity (Wildman–Crippen MR) is 89.7 cm³/mol. The second-order valence-corrected chi connectivity index (χ2v) is 6.85. The maximum Gasteiger partial charge on any atom is 0.276 e. The molecule has 0 aliphatic heterocycles. The summed E-state index contributed by atoms with van der Waals surface area (Å²) in [6.45, 7) is 5.71. The normalized spacial score (nSPS) is 11.8. The number of nitrogens with zero attached hydrogens (tertiary/aromatic N) is 1. The van der Waals surface area contributed by atoms with E-state index < -0.39 is 10.0 Å². The van der Waals surface area contributed by atoms with E-state index in [1.807, 2.05) is 37.3 Å². The lowest BCUT2D eigenvalue weighted by atomic mass is 10.1. The summed E-state index contributed by atoms with van der Waals surface area (Å²) in [6.07, 6.45) is 2.47. The zero-order chi connectivity index (χ0) is 16.2. The molecule has 0 amide bonds. The molecule has 22 heavy (non-hydrogen) atoms. The Morgan fingerprint density at radius 2 is 1.77 bits per heavy atom. The number of hydrazone groups is 1. The molecule has 2 rings (SSSR count). The van der Waals surface area contributed by atoms with Gasteiger partial charge in [0.15, 0.2) is 0 Å². The minimum atomic E-state index is -3.64. The van der Waals surface area contributed by atoms with Gasteiger partial charge in [0.1, 0.15) is 0 Å². The summed E-state index contributed by atoms with van der Waals surface area (Å²) in [5.41, 5.74) is 3.67. The highest BCUT2D eigenvalue weighted by atomic mass is 32.2. The Morgan fingerprint density at radius 3 is 2.41 bits per heavy atom. The van der Waals surface area contributed by atoms with Gasteiger partial charge < -0.3 is 0 Å². The third-order valence-electron chi connectivity index (χ3n) is 3.41. The molecule has 0 spiro atoms. The zero-order valence-corrected chi connectivity index (χ0v) is 13.8. The molecule has 4 nitrogen and oxygen atoms in total. The molecule has 1 N–H and O–H groups in total. The summed E-state index contributed by atoms with van der Waals surface area (Å²) >= 11 is 0. The van der Waals surface area contributed by atoms with Gasteiger partial charge in [-0.1, -0.05) is 43.3 Å². The van der Waals surface area contributed by atoms with Crippen molar-refractivity contribution in [3.63, 3.8) is 0 Å². The average molecular weight is 316 g/mol. The van der Waals surface area contributed by atoms with Crippen LogP contribution >= 0.6 is 0 Å². The van der Waals surface area contributed by atoms with Gasteiger partial charge in [-0.2, -0.15) is 13.5 Å². The van der Waals surface area contributed by atoms with Crippen LogP contribution in [0.15, 0.2) is 52.5 Å². The first kappa shape index (κ1) is 16.2. The molecule has 0 aromatic heterocycles. The van der Waals surface area contributed by atoms with Crippen molar-refractivity contribution in [1.29, 1.82) is 0 Å². The lowest BCUT2D eigenvalue weighted by molar-refractivity contribution is 0.584. The van der Waals surface area contributed by atoms with Crippen LogP contribution in [0, 0.1) is 13.8 Å². The average Bonchev–Trinajstić information content (AvgIpc) is 2.50. The van der Waals surface area contributed by atoms with Gasteiger partial charge in [-0.15, -0.1) is 0 Å². The summed E-state index contributed by atoms with van der Waals surface area (Å²) in [6, 6.07) is 13.1. The van der Waals surface area contributed by atoms with Gasteiger partial charge in [-0.25, -0.2) is 4.83 Å². The van der Waals surface area contributed by atoms with Gasteiger partial charge in [0.2, 0.25) is 0 Å². The molecule has 116 valence electrons. The van der Waals surface area contributed by atoms with Crippen LogP contribution in [-0.2, 0) is 16.4 Å². The highest BCUT2D eigenvalue weighted by molar-refractivity contribution is 7.89. The molecule has 0 bridgehead atoms. The number of sulfonamides is 1. The van der Waals surface area contributed by atoms with Crippen molar-refractivity contribution >= 4 is 16.2 Å². The van der Waals surface area contributed by atoms with Crippen LogP contribution in [0.3, 0.4) is 0 Å². The molecule has 0 fully saturated rings. The SMILES string of the molecule is CCc1ccc(/C=N\NS(=O)(=O)c2cc(C)ccc2C)cc1. The van der Waals surface area contributed by atoms with Gasteiger partial charge in [0.25, 0.3) is 10.0 Å². The fraction of sp³-hybridized carbons (Fsp3) is 0.235. The minimum absolute atomic E-state index is 0.256. The molecule has 0 aliphatic carbocycles. The lowest BCUT2D eigenvalue weighted by Gasteiger charge is -2.07. The Hall–Kier alpha value is -2.14. The maximum absolute atomic E-state index is 12.3. The van der Waals surface area contributed by atoms with Crippen molar-refractivity contribution in [2.75, 3.05) is 0 Å². The number of hydrogen-bond acceptors (Lipinski definition) is 3. The minimum Gasteiger partial charge on any atom is -0.200 e. The first-order valence-corrected chi connectivity index (χ1v) is 8.62. The topological polar surface area (TPSA) is 58.5 Å². The van der Waals surface area contributed by atoms with E-state index in [-0.39, 0.29) is 4.90 Å². The molecule has 0 unspecified atom stereocenters. The van der Waals surface area contributed by atoms with Crippen molar-refractivity contribution in [3.05, 3.63) is 64.7 Å². The summed E-state index contributed by atoms with van der Waals surface area (Å²) in [5.74, 6) is 0. The quantitative estimate of drug-likeness (QED) is 0.680. The number of hydrogen-bond donors (Lipinski definition) is 1. The van der Waals surface area contributed by atoms with Crippen molar-refractivity contribution in [2.24, 2.45) is 5.10 Å². The summed E-state index contributed by atoms with van der Waals surface area (Å²) in [7, 11) is -3.64. The van der Waals surface area contributed by atoms with Gasteiger partial charge in [0, 0.05) is 0 Å². The molecule has 0 aliphatic rings. The summed E-state index contributed by atoms with van der Waals surface area (Å²) < 4.78 is 24.5. The molecule has 0 heterocycles. The maximum atomic E-state index is 12.3. The predicted octanol–water partition coefficient (Wildman–Crippen LogP) is 3.18. The van der Waals surface area contributed by atoms with E-state index in [9.17, 15) is 8.42 Å². The molecule has 2 aromatic carbocycles. The second-order valence-electron chi connectivity index (χ2n) is 5.22. The molecular weight excluding hydrogens is 296 g/mol. The highest BCUT2D eigenvalue weighted by Crippen LogP contribution is 2.16. The standard InChI is InChI=1S/C17H20N2O2S/c1-4-15-7-9-16(10-8-15)12-18-19-22(20,21)17-11-13(2)5-6-14(17)3/h5-12,19H,4H2,1-3H3/b18-12-. The number of benzene rings is 2. The molecule has 0 atom stereocenters. The smallest absolute Gasteiger partial charge is 0.200 e. The fourth-order valence-corrected chi connectivity index (χ4v) is 3.18. The molecule has 0 saturated carbocycles. The van der Waals surface area contributed by atoms with Gasteiger partial charge in [-0.05, 0) is 48.6 Å². The zero-order valence-electron chi connectivity index (χ0n) is 13.0. The van der Waals surface area contributed by atoms with Crippen LogP contribution in [0.1, 0.15) is 29.2 Å². The Bertz CT molecular complexity index is 779. The highest BCUT2D eigenvalue weighted by Gasteiger charge is 2.15. The second kappa shape index (κ2) is 6.75. The van der Waals surface area contributed by atoms with Crippen LogP contribution in [0.5, 0.6) is 0 Å². The summed E-state index contributed by atoms with van der Waals surface area (Å²) in [5, 5.41) is 3.85. The van der Waals surface area contributed by atoms with Gasteiger partial charge in [-0.3, -0.25) is 0 Å². The van der Waals surface area contributed by atoms with E-state index in [4.69, 9.17) is 0 Å². The summed E-state index contributed by atoms with van der Waals surface area (Å²) in [4.78, 5) is 2.52. The Morgan fingerprint density at radius 1 is 1.09 bits per heavy atom. The molecule has 0 saturated heterocycles. The van der Waals surface area contributed by atoms with Crippen LogP contribution in [0.25, 0.3) is 0 Å². The third-order valence-corrected chi connectivity index (χ3v) is 4.77. The Kier molecular flexibility index (Phi) is 4.98.